The second-order valence-electron chi connectivity index (χ2n) is 4.45. The molecule has 0 aliphatic carbocycles. The molecule has 0 unspecified atom stereocenters. The number of ether oxygens (including phenoxy) is 1. The van der Waals surface area contributed by atoms with E-state index >= 15 is 0 Å². The molecule has 1 amide bonds. The zero-order chi connectivity index (χ0) is 14.6. The lowest BCUT2D eigenvalue weighted by atomic mass is 10.1. The minimum absolute atomic E-state index is 0.229. The molecular formula is C12H15ClF2N2O2. The van der Waals surface area contributed by atoms with Crippen LogP contribution in [0.3, 0.4) is 0 Å². The van der Waals surface area contributed by atoms with Gasteiger partial charge in [0.05, 0.1) is 12.6 Å². The van der Waals surface area contributed by atoms with Gasteiger partial charge in [0.1, 0.15) is 5.75 Å². The predicted octanol–water partition coefficient (Wildman–Crippen LogP) is 2.84. The van der Waals surface area contributed by atoms with Crippen LogP contribution in [0.2, 0.25) is 0 Å². The molecule has 0 radical (unpaired) electrons. The van der Waals surface area contributed by atoms with Crippen molar-refractivity contribution in [3.63, 3.8) is 0 Å². The van der Waals surface area contributed by atoms with E-state index in [1.54, 1.807) is 12.1 Å². The Morgan fingerprint density at radius 1 is 1.47 bits per heavy atom. The molecule has 7 heteroatoms. The minimum atomic E-state index is -2.67. The smallest absolute Gasteiger partial charge is 0.283 e. The first kappa shape index (κ1) is 15.7. The molecule has 106 valence electrons. The third-order valence-electron chi connectivity index (χ3n) is 2.43. The molecule has 1 aromatic carbocycles. The summed E-state index contributed by atoms with van der Waals surface area (Å²) in [6.45, 7) is 2.48. The van der Waals surface area contributed by atoms with Crippen molar-refractivity contribution in [2.24, 2.45) is 0 Å². The number of hydrazine groups is 1. The maximum atomic E-state index is 12.7. The van der Waals surface area contributed by atoms with E-state index in [1.165, 1.54) is 33.1 Å². The Bertz CT molecular complexity index is 455. The van der Waals surface area contributed by atoms with Crippen LogP contribution < -0.4 is 10.2 Å². The number of benzene rings is 1. The van der Waals surface area contributed by atoms with Crippen molar-refractivity contribution in [1.82, 2.24) is 9.95 Å². The number of alkyl halides is 2. The topological polar surface area (TPSA) is 41.6 Å². The molecule has 19 heavy (non-hydrogen) atoms. The minimum Gasteiger partial charge on any atom is -0.497 e. The van der Waals surface area contributed by atoms with Crippen LogP contribution in [-0.2, 0) is 0 Å². The zero-order valence-electron chi connectivity index (χ0n) is 10.8. The first-order chi connectivity index (χ1) is 8.77. The van der Waals surface area contributed by atoms with E-state index < -0.39 is 17.9 Å². The lowest BCUT2D eigenvalue weighted by Crippen LogP contribution is -2.53. The Hall–Kier alpha value is -1.40. The second kappa shape index (κ2) is 6.16. The summed E-state index contributed by atoms with van der Waals surface area (Å²) >= 11 is 5.69. The van der Waals surface area contributed by atoms with Crippen molar-refractivity contribution < 1.29 is 18.3 Å². The number of hydrogen-bond donors (Lipinski definition) is 1. The summed E-state index contributed by atoms with van der Waals surface area (Å²) in [7, 11) is 1.46. The fraction of sp³-hybridized carbons (Fsp3) is 0.417. The van der Waals surface area contributed by atoms with E-state index in [1.807, 2.05) is 0 Å². The van der Waals surface area contributed by atoms with Crippen molar-refractivity contribution in [1.29, 1.82) is 0 Å². The second-order valence-corrected chi connectivity index (χ2v) is 4.79. The number of rotatable bonds is 5. The van der Waals surface area contributed by atoms with Crippen molar-refractivity contribution in [2.75, 3.05) is 7.11 Å². The highest BCUT2D eigenvalue weighted by atomic mass is 35.5. The first-order valence-corrected chi connectivity index (χ1v) is 5.82. The van der Waals surface area contributed by atoms with Gasteiger partial charge in [0.25, 0.3) is 12.3 Å². The number of hydrogen-bond acceptors (Lipinski definition) is 3. The Balaban J connectivity index is 2.82. The number of carbonyl (C=O) groups excluding carboxylic acids is 1. The first-order valence-electron chi connectivity index (χ1n) is 5.48. The summed E-state index contributed by atoms with van der Waals surface area (Å²) in [5.74, 6) is -0.168. The Labute approximate surface area is 115 Å². The molecule has 0 fully saturated rings. The van der Waals surface area contributed by atoms with E-state index in [0.717, 1.165) is 0 Å². The molecule has 1 aromatic rings. The van der Waals surface area contributed by atoms with Gasteiger partial charge < -0.3 is 4.74 Å². The monoisotopic (exact) mass is 292 g/mol. The SMILES string of the molecule is COc1cccc(C(=O)N(Cl)NC(C)(C)C(F)F)c1. The lowest BCUT2D eigenvalue weighted by Gasteiger charge is -2.29. The van der Waals surface area contributed by atoms with Gasteiger partial charge in [0.15, 0.2) is 0 Å². The third-order valence-corrected chi connectivity index (χ3v) is 2.66. The summed E-state index contributed by atoms with van der Waals surface area (Å²) in [5.41, 5.74) is 0.864. The molecule has 1 rings (SSSR count). The van der Waals surface area contributed by atoms with Gasteiger partial charge in [-0.05, 0) is 32.0 Å². The Morgan fingerprint density at radius 2 is 2.11 bits per heavy atom. The van der Waals surface area contributed by atoms with Crippen LogP contribution in [0.15, 0.2) is 24.3 Å². The fourth-order valence-electron chi connectivity index (χ4n) is 1.22. The van der Waals surface area contributed by atoms with Crippen LogP contribution in [0.1, 0.15) is 24.2 Å². The summed E-state index contributed by atoms with van der Waals surface area (Å²) < 4.78 is 30.9. The molecule has 0 aromatic heterocycles. The highest BCUT2D eigenvalue weighted by Crippen LogP contribution is 2.18. The Kier molecular flexibility index (Phi) is 5.08. The Morgan fingerprint density at radius 3 is 2.63 bits per heavy atom. The normalized spacial score (nSPS) is 11.5. The molecule has 1 N–H and O–H groups in total. The van der Waals surface area contributed by atoms with Gasteiger partial charge in [0.2, 0.25) is 0 Å². The van der Waals surface area contributed by atoms with Gasteiger partial charge in [-0.2, -0.15) is 4.53 Å². The molecule has 0 spiro atoms. The largest absolute Gasteiger partial charge is 0.497 e. The molecule has 0 atom stereocenters. The van der Waals surface area contributed by atoms with Crippen LogP contribution in [-0.4, -0.2) is 29.5 Å². The van der Waals surface area contributed by atoms with Gasteiger partial charge in [-0.3, -0.25) is 4.79 Å². The molecule has 4 nitrogen and oxygen atoms in total. The van der Waals surface area contributed by atoms with Crippen LogP contribution in [0.4, 0.5) is 8.78 Å². The van der Waals surface area contributed by atoms with Gasteiger partial charge >= 0.3 is 0 Å². The fourth-order valence-corrected chi connectivity index (χ4v) is 1.54. The average Bonchev–Trinajstić information content (AvgIpc) is 2.37. The molecule has 0 saturated carbocycles. The average molecular weight is 293 g/mol. The summed E-state index contributed by atoms with van der Waals surface area (Å²) in [6, 6.07) is 6.24. The van der Waals surface area contributed by atoms with Crippen molar-refractivity contribution in [3.8, 4) is 5.75 Å². The van der Waals surface area contributed by atoms with E-state index in [0.29, 0.717) is 10.3 Å². The number of halogens is 3. The van der Waals surface area contributed by atoms with Gasteiger partial charge in [-0.15, -0.1) is 0 Å². The maximum Gasteiger partial charge on any atom is 0.283 e. The number of nitrogens with zero attached hydrogens (tertiary/aromatic N) is 1. The van der Waals surface area contributed by atoms with Crippen LogP contribution in [0.25, 0.3) is 0 Å². The number of amides is 1. The standard InChI is InChI=1S/C12H15ClF2N2O2/c1-12(2,11(14)15)16-17(13)10(18)8-5-4-6-9(7-8)19-3/h4-7,11,16H,1-3H3. The van der Waals surface area contributed by atoms with E-state index in [4.69, 9.17) is 16.5 Å². The lowest BCUT2D eigenvalue weighted by molar-refractivity contribution is 0.0208. The summed E-state index contributed by atoms with van der Waals surface area (Å²) in [6.07, 6.45) is -2.67. The van der Waals surface area contributed by atoms with Crippen LogP contribution in [0, 0.1) is 0 Å². The van der Waals surface area contributed by atoms with Crippen molar-refractivity contribution in [2.45, 2.75) is 25.8 Å². The molecule has 0 saturated heterocycles. The molecule has 0 bridgehead atoms. The highest BCUT2D eigenvalue weighted by Gasteiger charge is 2.32. The van der Waals surface area contributed by atoms with E-state index in [2.05, 4.69) is 5.43 Å². The zero-order valence-corrected chi connectivity index (χ0v) is 11.5. The highest BCUT2D eigenvalue weighted by molar-refractivity contribution is 6.23. The number of nitrogens with one attached hydrogen (secondary N) is 1. The molecule has 0 heterocycles. The number of methoxy groups -OCH3 is 1. The van der Waals surface area contributed by atoms with Gasteiger partial charge in [-0.1, -0.05) is 6.07 Å². The number of carbonyl (C=O) groups is 1. The van der Waals surface area contributed by atoms with Crippen LogP contribution >= 0.6 is 11.8 Å². The molecular weight excluding hydrogens is 278 g/mol. The maximum absolute atomic E-state index is 12.7. The quantitative estimate of drug-likeness (QED) is 0.670. The van der Waals surface area contributed by atoms with E-state index in [-0.39, 0.29) is 5.56 Å². The summed E-state index contributed by atoms with van der Waals surface area (Å²) in [5, 5.41) is 0. The van der Waals surface area contributed by atoms with E-state index in [9.17, 15) is 13.6 Å². The van der Waals surface area contributed by atoms with Crippen molar-refractivity contribution >= 4 is 17.7 Å². The van der Waals surface area contributed by atoms with Crippen LogP contribution in [0.5, 0.6) is 5.75 Å². The van der Waals surface area contributed by atoms with Gasteiger partial charge in [-0.25, -0.2) is 14.2 Å². The molecule has 0 aliphatic heterocycles. The summed E-state index contributed by atoms with van der Waals surface area (Å²) in [4.78, 5) is 11.9. The predicted molar refractivity (Wildman–Crippen MR) is 68.2 cm³/mol. The van der Waals surface area contributed by atoms with Gasteiger partial charge in [0, 0.05) is 17.3 Å². The third kappa shape index (κ3) is 4.04. The van der Waals surface area contributed by atoms with Crippen molar-refractivity contribution in [3.05, 3.63) is 29.8 Å². The molecule has 0 aliphatic rings.